The Bertz CT molecular complexity index is 368. The number of anilines is 3. The molecular formula is C12H24F2N6O. The Hall–Kier alpha value is -1.77. The molecule has 0 bridgehead atoms. The molecule has 9 heteroatoms. The minimum absolute atomic E-state index is 0. The molecule has 0 saturated carbocycles. The maximum Gasteiger partial charge on any atom is 0.264 e. The van der Waals surface area contributed by atoms with Crippen LogP contribution in [0, 0.1) is 0 Å². The molecule has 0 saturated heterocycles. The predicted molar refractivity (Wildman–Crippen MR) is 79.7 cm³/mol. The van der Waals surface area contributed by atoms with Gasteiger partial charge in [-0.25, -0.2) is 14.3 Å². The van der Waals surface area contributed by atoms with E-state index in [0.717, 1.165) is 12.8 Å². The van der Waals surface area contributed by atoms with Crippen LogP contribution in [0.5, 0.6) is 0 Å². The van der Waals surface area contributed by atoms with Crippen molar-refractivity contribution in [1.82, 2.24) is 15.0 Å². The van der Waals surface area contributed by atoms with Crippen molar-refractivity contribution in [3.05, 3.63) is 0 Å². The van der Waals surface area contributed by atoms with Gasteiger partial charge in [0.15, 0.2) is 0 Å². The van der Waals surface area contributed by atoms with E-state index in [-0.39, 0.29) is 13.4 Å². The van der Waals surface area contributed by atoms with Gasteiger partial charge in [0.1, 0.15) is 6.61 Å². The highest BCUT2D eigenvalue weighted by molar-refractivity contribution is 5.41. The molecule has 1 heterocycles. The van der Waals surface area contributed by atoms with Gasteiger partial charge in [0.05, 0.1) is 0 Å². The standard InChI is InChI=1S/C11H20F2N6O.CH4/c1-3-5-14-9-16-10(15-6-4-2)18-11(17-9)19-20-7-8(12)13;/h8H,3-7H2,1-2H3,(H3,14,15,16,17,18,19);1H4. The summed E-state index contributed by atoms with van der Waals surface area (Å²) >= 11 is 0. The van der Waals surface area contributed by atoms with Crippen molar-refractivity contribution in [1.29, 1.82) is 0 Å². The summed E-state index contributed by atoms with van der Waals surface area (Å²) in [6.07, 6.45) is -0.734. The Labute approximate surface area is 123 Å². The van der Waals surface area contributed by atoms with Crippen LogP contribution >= 0.6 is 0 Å². The molecule has 0 atom stereocenters. The third-order valence-electron chi connectivity index (χ3n) is 2.07. The normalized spacial score (nSPS) is 10.1. The molecule has 0 amide bonds. The van der Waals surface area contributed by atoms with Crippen molar-refractivity contribution >= 4 is 17.8 Å². The fourth-order valence-electron chi connectivity index (χ4n) is 1.22. The van der Waals surface area contributed by atoms with Crippen LogP contribution in [0.4, 0.5) is 26.6 Å². The van der Waals surface area contributed by atoms with Crippen molar-refractivity contribution < 1.29 is 13.6 Å². The van der Waals surface area contributed by atoms with Crippen LogP contribution in [0.3, 0.4) is 0 Å². The van der Waals surface area contributed by atoms with Gasteiger partial charge in [0.2, 0.25) is 11.9 Å². The van der Waals surface area contributed by atoms with Gasteiger partial charge in [-0.15, -0.1) is 0 Å². The average Bonchev–Trinajstić information content (AvgIpc) is 2.42. The van der Waals surface area contributed by atoms with Gasteiger partial charge < -0.3 is 10.6 Å². The highest BCUT2D eigenvalue weighted by Gasteiger charge is 2.07. The summed E-state index contributed by atoms with van der Waals surface area (Å²) < 4.78 is 24.0. The van der Waals surface area contributed by atoms with Crippen LogP contribution in [0.15, 0.2) is 0 Å². The number of hydrogen-bond acceptors (Lipinski definition) is 7. The van der Waals surface area contributed by atoms with Gasteiger partial charge in [-0.1, -0.05) is 21.3 Å². The summed E-state index contributed by atoms with van der Waals surface area (Å²) in [6, 6.07) is 0. The minimum Gasteiger partial charge on any atom is -0.354 e. The predicted octanol–water partition coefficient (Wildman–Crippen LogP) is 2.76. The molecule has 1 aromatic rings. The van der Waals surface area contributed by atoms with Gasteiger partial charge in [0, 0.05) is 13.1 Å². The van der Waals surface area contributed by atoms with E-state index in [1.165, 1.54) is 0 Å². The summed E-state index contributed by atoms with van der Waals surface area (Å²) in [4.78, 5) is 16.8. The first-order chi connectivity index (χ1) is 9.65. The summed E-state index contributed by atoms with van der Waals surface area (Å²) in [5, 5.41) is 6.01. The first-order valence-corrected chi connectivity index (χ1v) is 6.55. The van der Waals surface area contributed by atoms with Gasteiger partial charge in [-0.2, -0.15) is 15.0 Å². The molecular weight excluding hydrogens is 282 g/mol. The van der Waals surface area contributed by atoms with E-state index in [2.05, 4.69) is 35.9 Å². The number of halogens is 2. The van der Waals surface area contributed by atoms with Crippen LogP contribution in [-0.2, 0) is 4.84 Å². The molecule has 0 unspecified atom stereocenters. The Kier molecular flexibility index (Phi) is 10.0. The van der Waals surface area contributed by atoms with Gasteiger partial charge in [-0.05, 0) is 12.8 Å². The zero-order valence-electron chi connectivity index (χ0n) is 11.6. The molecule has 7 nitrogen and oxygen atoms in total. The van der Waals surface area contributed by atoms with Crippen molar-refractivity contribution in [3.63, 3.8) is 0 Å². The molecule has 0 aromatic carbocycles. The summed E-state index contributed by atoms with van der Waals surface area (Å²) in [7, 11) is 0. The Morgan fingerprint density at radius 3 is 1.86 bits per heavy atom. The second-order valence-corrected chi connectivity index (χ2v) is 3.96. The SMILES string of the molecule is C.CCCNc1nc(NCCC)nc(NOCC(F)F)n1. The number of alkyl halides is 2. The largest absolute Gasteiger partial charge is 0.354 e. The van der Waals surface area contributed by atoms with Crippen molar-refractivity contribution in [2.24, 2.45) is 0 Å². The minimum atomic E-state index is -2.56. The van der Waals surface area contributed by atoms with Gasteiger partial charge >= 0.3 is 0 Å². The Morgan fingerprint density at radius 2 is 1.43 bits per heavy atom. The lowest BCUT2D eigenvalue weighted by molar-refractivity contribution is 0.0404. The fourth-order valence-corrected chi connectivity index (χ4v) is 1.22. The van der Waals surface area contributed by atoms with Crippen molar-refractivity contribution in [3.8, 4) is 0 Å². The highest BCUT2D eigenvalue weighted by atomic mass is 19.3. The third kappa shape index (κ3) is 8.18. The lowest BCUT2D eigenvalue weighted by Gasteiger charge is -2.10. The van der Waals surface area contributed by atoms with E-state index in [1.807, 2.05) is 13.8 Å². The smallest absolute Gasteiger partial charge is 0.264 e. The summed E-state index contributed by atoms with van der Waals surface area (Å²) in [5.74, 6) is 0.810. The van der Waals surface area contributed by atoms with E-state index in [0.29, 0.717) is 25.0 Å². The van der Waals surface area contributed by atoms with Crippen molar-refractivity contribution in [2.45, 2.75) is 40.5 Å². The van der Waals surface area contributed by atoms with Crippen LogP contribution < -0.4 is 16.1 Å². The fraction of sp³-hybridized carbons (Fsp3) is 0.750. The molecule has 3 N–H and O–H groups in total. The number of rotatable bonds is 10. The van der Waals surface area contributed by atoms with Crippen LogP contribution in [-0.4, -0.2) is 41.1 Å². The highest BCUT2D eigenvalue weighted by Crippen LogP contribution is 2.09. The molecule has 0 fully saturated rings. The molecule has 0 spiro atoms. The molecule has 0 aliphatic rings. The zero-order valence-corrected chi connectivity index (χ0v) is 11.6. The molecule has 0 radical (unpaired) electrons. The van der Waals surface area contributed by atoms with Gasteiger partial charge in [-0.3, -0.25) is 4.84 Å². The molecule has 122 valence electrons. The summed E-state index contributed by atoms with van der Waals surface area (Å²) in [5.41, 5.74) is 2.29. The van der Waals surface area contributed by atoms with Gasteiger partial charge in [0.25, 0.3) is 12.4 Å². The van der Waals surface area contributed by atoms with Crippen LogP contribution in [0.2, 0.25) is 0 Å². The van der Waals surface area contributed by atoms with E-state index < -0.39 is 13.0 Å². The second kappa shape index (κ2) is 11.0. The quantitative estimate of drug-likeness (QED) is 0.573. The first-order valence-electron chi connectivity index (χ1n) is 6.55. The zero-order chi connectivity index (χ0) is 14.8. The molecule has 21 heavy (non-hydrogen) atoms. The number of hydrogen-bond donors (Lipinski definition) is 3. The monoisotopic (exact) mass is 306 g/mol. The molecule has 0 aliphatic carbocycles. The third-order valence-corrected chi connectivity index (χ3v) is 2.07. The van der Waals surface area contributed by atoms with Crippen molar-refractivity contribution in [2.75, 3.05) is 35.8 Å². The van der Waals surface area contributed by atoms with E-state index >= 15 is 0 Å². The lowest BCUT2D eigenvalue weighted by Crippen LogP contribution is -2.15. The van der Waals surface area contributed by atoms with E-state index in [1.54, 1.807) is 0 Å². The van der Waals surface area contributed by atoms with E-state index in [4.69, 9.17) is 0 Å². The molecule has 1 rings (SSSR count). The number of aromatic nitrogens is 3. The maximum atomic E-state index is 12.0. The Balaban J connectivity index is 0.00000400. The van der Waals surface area contributed by atoms with E-state index in [9.17, 15) is 8.78 Å². The van der Waals surface area contributed by atoms with Crippen LogP contribution in [0.25, 0.3) is 0 Å². The lowest BCUT2D eigenvalue weighted by atomic mass is 10.5. The molecule has 0 aliphatic heterocycles. The first kappa shape index (κ1) is 19.2. The maximum absolute atomic E-state index is 12.0. The topological polar surface area (TPSA) is 84.0 Å². The molecule has 1 aromatic heterocycles. The Morgan fingerprint density at radius 1 is 0.952 bits per heavy atom. The number of nitrogens with one attached hydrogen (secondary N) is 3. The summed E-state index contributed by atoms with van der Waals surface area (Å²) in [6.45, 7) is 4.69. The average molecular weight is 306 g/mol. The second-order valence-electron chi connectivity index (χ2n) is 3.96. The van der Waals surface area contributed by atoms with Crippen LogP contribution in [0.1, 0.15) is 34.1 Å². The number of nitrogens with zero attached hydrogens (tertiary/aromatic N) is 3.